The highest BCUT2D eigenvalue weighted by atomic mass is 79.9. The summed E-state index contributed by atoms with van der Waals surface area (Å²) in [5.41, 5.74) is 1.28. The summed E-state index contributed by atoms with van der Waals surface area (Å²) in [5, 5.41) is 2.55. The van der Waals surface area contributed by atoms with Crippen molar-refractivity contribution in [3.05, 3.63) is 69.4 Å². The average molecular weight is 338 g/mol. The molecule has 18 heavy (non-hydrogen) atoms. The molecule has 0 aliphatic carbocycles. The van der Waals surface area contributed by atoms with Gasteiger partial charge >= 0.3 is 0 Å². The second-order valence-electron chi connectivity index (χ2n) is 4.07. The smallest absolute Gasteiger partial charge is 0.0931 e. The van der Waals surface area contributed by atoms with E-state index in [2.05, 4.69) is 64.5 Å². The molecule has 0 aliphatic rings. The van der Waals surface area contributed by atoms with Crippen LogP contribution in [0.2, 0.25) is 4.34 Å². The monoisotopic (exact) mass is 336 g/mol. The Bertz CT molecular complexity index is 684. The van der Waals surface area contributed by atoms with Crippen LogP contribution in [0.1, 0.15) is 15.3 Å². The molecule has 2 aromatic carbocycles. The lowest BCUT2D eigenvalue weighted by molar-refractivity contribution is 1.25. The minimum absolute atomic E-state index is 0.195. The SMILES string of the molecule is Clc1ccc(C(Br)c2cccc3ccccc23)s1. The van der Waals surface area contributed by atoms with Crippen molar-refractivity contribution in [3.8, 4) is 0 Å². The van der Waals surface area contributed by atoms with Crippen LogP contribution < -0.4 is 0 Å². The van der Waals surface area contributed by atoms with E-state index in [9.17, 15) is 0 Å². The number of halogens is 2. The van der Waals surface area contributed by atoms with Crippen LogP contribution in [-0.2, 0) is 0 Å². The molecule has 90 valence electrons. The first kappa shape index (κ1) is 12.2. The molecule has 3 heteroatoms. The van der Waals surface area contributed by atoms with Gasteiger partial charge in [-0.05, 0) is 28.5 Å². The molecule has 0 saturated heterocycles. The standard InChI is InChI=1S/C15H10BrClS/c16-15(13-8-9-14(17)18-13)12-7-3-5-10-4-1-2-6-11(10)12/h1-9,15H. The maximum atomic E-state index is 6.01. The quantitative estimate of drug-likeness (QED) is 0.500. The van der Waals surface area contributed by atoms with Crippen LogP contribution in [-0.4, -0.2) is 0 Å². The van der Waals surface area contributed by atoms with Gasteiger partial charge in [0.05, 0.1) is 9.16 Å². The highest BCUT2D eigenvalue weighted by Crippen LogP contribution is 2.39. The number of thiophene rings is 1. The molecule has 3 aromatic rings. The molecular formula is C15H10BrClS. The fraction of sp³-hybridized carbons (Fsp3) is 0.0667. The van der Waals surface area contributed by atoms with E-state index in [1.807, 2.05) is 6.07 Å². The molecule has 1 unspecified atom stereocenters. The molecule has 1 heterocycles. The summed E-state index contributed by atoms with van der Waals surface area (Å²) in [5.74, 6) is 0. The third-order valence-corrected chi connectivity index (χ3v) is 5.53. The first-order valence-electron chi connectivity index (χ1n) is 5.62. The first-order valence-corrected chi connectivity index (χ1v) is 7.73. The Morgan fingerprint density at radius 2 is 1.72 bits per heavy atom. The number of benzene rings is 2. The second kappa shape index (κ2) is 5.04. The molecule has 0 aliphatic heterocycles. The van der Waals surface area contributed by atoms with Gasteiger partial charge < -0.3 is 0 Å². The predicted molar refractivity (Wildman–Crippen MR) is 84.0 cm³/mol. The molecule has 0 amide bonds. The van der Waals surface area contributed by atoms with Crippen molar-refractivity contribution in [1.29, 1.82) is 0 Å². The Morgan fingerprint density at radius 3 is 2.50 bits per heavy atom. The van der Waals surface area contributed by atoms with E-state index in [-0.39, 0.29) is 4.83 Å². The number of rotatable bonds is 2. The molecule has 0 fully saturated rings. The van der Waals surface area contributed by atoms with E-state index in [0.717, 1.165) is 4.34 Å². The molecule has 3 rings (SSSR count). The van der Waals surface area contributed by atoms with Gasteiger partial charge in [0.15, 0.2) is 0 Å². The zero-order valence-corrected chi connectivity index (χ0v) is 12.6. The summed E-state index contributed by atoms with van der Waals surface area (Å²) >= 11 is 11.4. The van der Waals surface area contributed by atoms with Crippen LogP contribution in [0.3, 0.4) is 0 Å². The van der Waals surface area contributed by atoms with Crippen LogP contribution >= 0.6 is 38.9 Å². The summed E-state index contributed by atoms with van der Waals surface area (Å²) in [7, 11) is 0. The summed E-state index contributed by atoms with van der Waals surface area (Å²) in [4.78, 5) is 1.43. The zero-order chi connectivity index (χ0) is 12.5. The Hall–Kier alpha value is -0.830. The lowest BCUT2D eigenvalue weighted by Gasteiger charge is -2.11. The third-order valence-electron chi connectivity index (χ3n) is 2.94. The van der Waals surface area contributed by atoms with Gasteiger partial charge in [0.1, 0.15) is 0 Å². The van der Waals surface area contributed by atoms with E-state index in [0.29, 0.717) is 0 Å². The topological polar surface area (TPSA) is 0 Å². The number of hydrogen-bond acceptors (Lipinski definition) is 1. The lowest BCUT2D eigenvalue weighted by Crippen LogP contribution is -1.90. The maximum absolute atomic E-state index is 6.01. The van der Waals surface area contributed by atoms with E-state index in [1.54, 1.807) is 11.3 Å². The number of alkyl halides is 1. The van der Waals surface area contributed by atoms with Crippen LogP contribution in [0, 0.1) is 0 Å². The van der Waals surface area contributed by atoms with Crippen molar-refractivity contribution in [1.82, 2.24) is 0 Å². The van der Waals surface area contributed by atoms with Gasteiger partial charge in [-0.25, -0.2) is 0 Å². The van der Waals surface area contributed by atoms with Crippen LogP contribution in [0.5, 0.6) is 0 Å². The minimum atomic E-state index is 0.195. The van der Waals surface area contributed by atoms with E-state index >= 15 is 0 Å². The third kappa shape index (κ3) is 2.20. The largest absolute Gasteiger partial charge is 0.127 e. The lowest BCUT2D eigenvalue weighted by atomic mass is 10.0. The van der Waals surface area contributed by atoms with Gasteiger partial charge in [-0.3, -0.25) is 0 Å². The Kier molecular flexibility index (Phi) is 3.42. The molecule has 0 bridgehead atoms. The zero-order valence-electron chi connectivity index (χ0n) is 9.44. The van der Waals surface area contributed by atoms with Crippen LogP contribution in [0.4, 0.5) is 0 Å². The highest BCUT2D eigenvalue weighted by Gasteiger charge is 2.14. The molecule has 0 spiro atoms. The van der Waals surface area contributed by atoms with E-state index < -0.39 is 0 Å². The van der Waals surface area contributed by atoms with Crippen molar-refractivity contribution in [3.63, 3.8) is 0 Å². The van der Waals surface area contributed by atoms with Gasteiger partial charge in [0, 0.05) is 4.88 Å². The summed E-state index contributed by atoms with van der Waals surface area (Å²) in [6.07, 6.45) is 0. The first-order chi connectivity index (χ1) is 8.75. The van der Waals surface area contributed by atoms with Crippen molar-refractivity contribution in [2.24, 2.45) is 0 Å². The fourth-order valence-corrected chi connectivity index (χ4v) is 3.98. The van der Waals surface area contributed by atoms with Gasteiger partial charge in [-0.15, -0.1) is 11.3 Å². The summed E-state index contributed by atoms with van der Waals surface area (Å²) in [6.45, 7) is 0. The summed E-state index contributed by atoms with van der Waals surface area (Å²) in [6, 6.07) is 18.9. The highest BCUT2D eigenvalue weighted by molar-refractivity contribution is 9.09. The Morgan fingerprint density at radius 1 is 0.944 bits per heavy atom. The average Bonchev–Trinajstić information content (AvgIpc) is 2.84. The number of hydrogen-bond donors (Lipinski definition) is 0. The van der Waals surface area contributed by atoms with E-state index in [4.69, 9.17) is 11.6 Å². The molecule has 0 saturated carbocycles. The fourth-order valence-electron chi connectivity index (χ4n) is 2.09. The molecule has 0 radical (unpaired) electrons. The van der Waals surface area contributed by atoms with Crippen molar-refractivity contribution in [2.75, 3.05) is 0 Å². The predicted octanol–water partition coefficient (Wildman–Crippen LogP) is 6.04. The normalized spacial score (nSPS) is 12.8. The van der Waals surface area contributed by atoms with Crippen molar-refractivity contribution < 1.29 is 0 Å². The van der Waals surface area contributed by atoms with Crippen molar-refractivity contribution >= 4 is 49.6 Å². The molecule has 1 aromatic heterocycles. The van der Waals surface area contributed by atoms with E-state index in [1.165, 1.54) is 21.2 Å². The van der Waals surface area contributed by atoms with Crippen LogP contribution in [0.25, 0.3) is 10.8 Å². The van der Waals surface area contributed by atoms with Gasteiger partial charge in [0.2, 0.25) is 0 Å². The molecular weight excluding hydrogens is 328 g/mol. The van der Waals surface area contributed by atoms with Gasteiger partial charge in [-0.1, -0.05) is 70.0 Å². The van der Waals surface area contributed by atoms with Crippen molar-refractivity contribution in [2.45, 2.75) is 4.83 Å². The van der Waals surface area contributed by atoms with Gasteiger partial charge in [0.25, 0.3) is 0 Å². The molecule has 0 N–H and O–H groups in total. The Labute approximate surface area is 123 Å². The summed E-state index contributed by atoms with van der Waals surface area (Å²) < 4.78 is 0.828. The minimum Gasteiger partial charge on any atom is -0.127 e. The Balaban J connectivity index is 2.14. The van der Waals surface area contributed by atoms with Gasteiger partial charge in [-0.2, -0.15) is 0 Å². The second-order valence-corrected chi connectivity index (χ2v) is 6.74. The van der Waals surface area contributed by atoms with Crippen LogP contribution in [0.15, 0.2) is 54.6 Å². The number of fused-ring (bicyclic) bond motifs is 1. The molecule has 1 atom stereocenters. The maximum Gasteiger partial charge on any atom is 0.0931 e. The molecule has 0 nitrogen and oxygen atoms in total.